The summed E-state index contributed by atoms with van der Waals surface area (Å²) in [4.78, 5) is 4.87. The number of hydrogen-bond acceptors (Lipinski definition) is 8. The van der Waals surface area contributed by atoms with Crippen LogP contribution in [-0.2, 0) is 0 Å². The maximum atomic E-state index is 10.3. The van der Waals surface area contributed by atoms with Gasteiger partial charge in [-0.15, -0.1) is 11.8 Å². The van der Waals surface area contributed by atoms with E-state index in [9.17, 15) is 20.4 Å². The summed E-state index contributed by atoms with van der Waals surface area (Å²) >= 11 is 20.8. The summed E-state index contributed by atoms with van der Waals surface area (Å²) in [7, 11) is 0. The molecule has 0 spiro atoms. The molecule has 148 valence electrons. The van der Waals surface area contributed by atoms with Crippen molar-refractivity contribution in [2.45, 2.75) is 35.9 Å². The number of aryl methyl sites for hydroxylation is 1. The molecule has 0 amide bonds. The number of rotatable bonds is 3. The summed E-state index contributed by atoms with van der Waals surface area (Å²) < 4.78 is 1.44. The number of thioether (sulfide) groups is 1. The van der Waals surface area contributed by atoms with Crippen LogP contribution in [0.4, 0.5) is 0 Å². The maximum absolute atomic E-state index is 10.3. The lowest BCUT2D eigenvalue weighted by atomic mass is 10.0. The first-order chi connectivity index (χ1) is 12.7. The van der Waals surface area contributed by atoms with E-state index in [4.69, 9.17) is 34.8 Å². The van der Waals surface area contributed by atoms with Crippen molar-refractivity contribution in [2.75, 3.05) is 6.61 Å². The molecule has 12 heteroatoms. The van der Waals surface area contributed by atoms with Gasteiger partial charge in [-0.2, -0.15) is 5.10 Å². The first kappa shape index (κ1) is 21.4. The molecule has 0 unspecified atom stereocenters. The van der Waals surface area contributed by atoms with Crippen LogP contribution < -0.4 is 4.80 Å². The fourth-order valence-corrected chi connectivity index (χ4v) is 5.70. The molecule has 2 aromatic rings. The highest BCUT2D eigenvalue weighted by atomic mass is 35.5. The van der Waals surface area contributed by atoms with Gasteiger partial charge in [0, 0.05) is 5.02 Å². The van der Waals surface area contributed by atoms with Crippen molar-refractivity contribution in [2.24, 2.45) is 4.99 Å². The van der Waals surface area contributed by atoms with Gasteiger partial charge in [0.25, 0.3) is 0 Å². The van der Waals surface area contributed by atoms with Gasteiger partial charge in [0.1, 0.15) is 28.3 Å². The molecule has 3 rings (SSSR count). The molecule has 4 N–H and O–H groups in total. The summed E-state index contributed by atoms with van der Waals surface area (Å²) in [5.41, 5.74) is 0.389. The van der Waals surface area contributed by atoms with E-state index < -0.39 is 28.9 Å². The van der Waals surface area contributed by atoms with Gasteiger partial charge in [-0.25, -0.2) is 9.67 Å². The molecule has 0 aliphatic carbocycles. The van der Waals surface area contributed by atoms with Crippen molar-refractivity contribution in [1.29, 1.82) is 0 Å². The molecule has 2 heterocycles. The van der Waals surface area contributed by atoms with E-state index in [0.717, 1.165) is 11.8 Å². The number of benzene rings is 1. The molecule has 1 saturated heterocycles. The van der Waals surface area contributed by atoms with Crippen LogP contribution >= 0.6 is 57.9 Å². The molecule has 1 aliphatic rings. The van der Waals surface area contributed by atoms with Gasteiger partial charge in [0.15, 0.2) is 0 Å². The van der Waals surface area contributed by atoms with Crippen molar-refractivity contribution < 1.29 is 20.4 Å². The molecule has 7 nitrogen and oxygen atoms in total. The van der Waals surface area contributed by atoms with Crippen molar-refractivity contribution in [3.05, 3.63) is 37.0 Å². The Labute approximate surface area is 177 Å². The SMILES string of the molecule is Cc1nn(-c2c(Cl)cc(Cl)cc2Cl)/c(=N/[C@@H]2S[C@H](CO)[C@@H](O)[C@H](O)[C@H]2O)s1. The minimum atomic E-state index is -1.43. The van der Waals surface area contributed by atoms with Crippen LogP contribution in [0.5, 0.6) is 0 Å². The lowest BCUT2D eigenvalue weighted by Gasteiger charge is -2.37. The number of hydrogen-bond donors (Lipinski definition) is 4. The second-order valence-corrected chi connectivity index (χ2v) is 9.65. The van der Waals surface area contributed by atoms with Crippen LogP contribution in [-0.4, -0.2) is 65.7 Å². The van der Waals surface area contributed by atoms with Crippen molar-refractivity contribution in [1.82, 2.24) is 9.78 Å². The minimum Gasteiger partial charge on any atom is -0.395 e. The smallest absolute Gasteiger partial charge is 0.209 e. The molecule has 0 saturated carbocycles. The number of aliphatic hydroxyl groups excluding tert-OH is 4. The van der Waals surface area contributed by atoms with Crippen LogP contribution in [0.25, 0.3) is 5.69 Å². The summed E-state index contributed by atoms with van der Waals surface area (Å²) in [6.45, 7) is 1.41. The maximum Gasteiger partial charge on any atom is 0.209 e. The molecule has 1 fully saturated rings. The number of halogens is 3. The van der Waals surface area contributed by atoms with Crippen LogP contribution in [0.3, 0.4) is 0 Å². The van der Waals surface area contributed by atoms with Gasteiger partial charge < -0.3 is 20.4 Å². The predicted octanol–water partition coefficient (Wildman–Crippen LogP) is 1.62. The Hall–Kier alpha value is -0.360. The quantitative estimate of drug-likeness (QED) is 0.540. The zero-order valence-electron chi connectivity index (χ0n) is 13.8. The summed E-state index contributed by atoms with van der Waals surface area (Å²) in [5.74, 6) is 0. The van der Waals surface area contributed by atoms with Crippen molar-refractivity contribution >= 4 is 57.9 Å². The average Bonchev–Trinajstić information content (AvgIpc) is 2.94. The highest BCUT2D eigenvalue weighted by Gasteiger charge is 2.43. The Balaban J connectivity index is 2.09. The largest absolute Gasteiger partial charge is 0.395 e. The molecule has 1 aliphatic heterocycles. The second kappa shape index (κ2) is 8.56. The average molecular weight is 473 g/mol. The molecular weight excluding hydrogens is 457 g/mol. The van der Waals surface area contributed by atoms with Gasteiger partial charge in [-0.1, -0.05) is 46.1 Å². The van der Waals surface area contributed by atoms with E-state index in [0.29, 0.717) is 20.5 Å². The zero-order chi connectivity index (χ0) is 19.9. The Bertz CT molecular complexity index is 882. The summed E-state index contributed by atoms with van der Waals surface area (Å²) in [5, 5.41) is 44.2. The first-order valence-electron chi connectivity index (χ1n) is 7.79. The normalized spacial score (nSPS) is 29.3. The van der Waals surface area contributed by atoms with E-state index in [1.165, 1.54) is 28.2 Å². The predicted molar refractivity (Wildman–Crippen MR) is 107 cm³/mol. The Morgan fingerprint density at radius 1 is 1.11 bits per heavy atom. The standard InChI is InChI=1S/C15H16Cl3N3O4S2/c1-5-20-21(10-7(17)2-6(16)3-8(10)18)15(26-5)19-14-13(25)12(24)11(23)9(4-22)27-14/h2-3,9,11-14,22-25H,4H2,1H3/b19-15-/t9-,11-,12+,13-,14-/m1/s1. The lowest BCUT2D eigenvalue weighted by Crippen LogP contribution is -2.53. The molecule has 0 radical (unpaired) electrons. The summed E-state index contributed by atoms with van der Waals surface area (Å²) in [6.07, 6.45) is -4.00. The van der Waals surface area contributed by atoms with Gasteiger partial charge >= 0.3 is 0 Å². The number of aromatic nitrogens is 2. The Kier molecular flexibility index (Phi) is 6.77. The van der Waals surface area contributed by atoms with Crippen LogP contribution in [0.2, 0.25) is 15.1 Å². The topological polar surface area (TPSA) is 111 Å². The van der Waals surface area contributed by atoms with Crippen molar-refractivity contribution in [3.63, 3.8) is 0 Å². The zero-order valence-corrected chi connectivity index (χ0v) is 17.7. The number of nitrogens with zero attached hydrogens (tertiary/aromatic N) is 3. The molecule has 0 bridgehead atoms. The first-order valence-corrected chi connectivity index (χ1v) is 10.7. The minimum absolute atomic E-state index is 0.278. The van der Waals surface area contributed by atoms with Gasteiger partial charge in [0.05, 0.1) is 28.0 Å². The van der Waals surface area contributed by atoms with Gasteiger partial charge in [-0.05, 0) is 19.1 Å². The third-order valence-electron chi connectivity index (χ3n) is 3.96. The van der Waals surface area contributed by atoms with E-state index in [1.807, 2.05) is 0 Å². The van der Waals surface area contributed by atoms with E-state index in [1.54, 1.807) is 6.92 Å². The highest BCUT2D eigenvalue weighted by molar-refractivity contribution is 8.00. The van der Waals surface area contributed by atoms with Gasteiger partial charge in [-0.3, -0.25) is 0 Å². The van der Waals surface area contributed by atoms with Crippen molar-refractivity contribution in [3.8, 4) is 5.69 Å². The van der Waals surface area contributed by atoms with Crippen LogP contribution in [0.1, 0.15) is 5.01 Å². The van der Waals surface area contributed by atoms with Crippen LogP contribution in [0.15, 0.2) is 17.1 Å². The van der Waals surface area contributed by atoms with Gasteiger partial charge in [0.2, 0.25) is 4.80 Å². The Morgan fingerprint density at radius 3 is 2.33 bits per heavy atom. The second-order valence-electron chi connectivity index (χ2n) is 5.88. The molecule has 27 heavy (non-hydrogen) atoms. The third kappa shape index (κ3) is 4.31. The monoisotopic (exact) mass is 471 g/mol. The Morgan fingerprint density at radius 2 is 1.74 bits per heavy atom. The fraction of sp³-hybridized carbons (Fsp3) is 0.467. The van der Waals surface area contributed by atoms with Crippen LogP contribution in [0, 0.1) is 6.92 Å². The van der Waals surface area contributed by atoms with E-state index in [2.05, 4.69) is 10.1 Å². The lowest BCUT2D eigenvalue weighted by molar-refractivity contribution is -0.0691. The van der Waals surface area contributed by atoms with E-state index >= 15 is 0 Å². The molecule has 1 aromatic heterocycles. The number of aliphatic hydroxyl groups is 4. The fourth-order valence-electron chi connectivity index (χ4n) is 2.64. The summed E-state index contributed by atoms with van der Waals surface area (Å²) in [6, 6.07) is 3.06. The third-order valence-corrected chi connectivity index (χ3v) is 7.03. The highest BCUT2D eigenvalue weighted by Crippen LogP contribution is 2.34. The molecule has 1 aromatic carbocycles. The molecular formula is C15H16Cl3N3O4S2. The van der Waals surface area contributed by atoms with E-state index in [-0.39, 0.29) is 16.7 Å². The molecule has 5 atom stereocenters.